The summed E-state index contributed by atoms with van der Waals surface area (Å²) >= 11 is 0. The van der Waals surface area contributed by atoms with Crippen LogP contribution in [0.25, 0.3) is 0 Å². The van der Waals surface area contributed by atoms with E-state index in [1.807, 2.05) is 30.3 Å². The highest BCUT2D eigenvalue weighted by atomic mass is 16.6. The molecule has 2 aromatic rings. The molecule has 1 aliphatic heterocycles. The van der Waals surface area contributed by atoms with Gasteiger partial charge in [-0.25, -0.2) is 4.79 Å². The van der Waals surface area contributed by atoms with Crippen molar-refractivity contribution in [3.05, 3.63) is 75.3 Å². The number of nitrogens with zero attached hydrogens (tertiary/aromatic N) is 4. The van der Waals surface area contributed by atoms with Gasteiger partial charge in [0.05, 0.1) is 23.7 Å². The number of ether oxygens (including phenoxy) is 1. The molecule has 2 unspecified atom stereocenters. The number of azo groups is 2. The van der Waals surface area contributed by atoms with Crippen LogP contribution in [0.15, 0.2) is 53.6 Å². The molecule has 59 heavy (non-hydrogen) atoms. The molecule has 19 nitrogen and oxygen atoms in total. The molecule has 318 valence electrons. The van der Waals surface area contributed by atoms with Crippen molar-refractivity contribution in [3.8, 4) is 0 Å². The van der Waals surface area contributed by atoms with Crippen LogP contribution >= 0.6 is 0 Å². The number of carbonyl (C=O) groups is 8. The van der Waals surface area contributed by atoms with Crippen molar-refractivity contribution in [2.75, 3.05) is 20.6 Å². The summed E-state index contributed by atoms with van der Waals surface area (Å²) in [5, 5.41) is 25.7. The fraction of sp³-hybridized carbons (Fsp3) is 0.500. The number of nitro groups is 1. The number of Topliss-reactive ketones (excluding diaryl/α,β-unsaturated/α-hetero) is 1. The highest BCUT2D eigenvalue weighted by molar-refractivity contribution is 6.10. The van der Waals surface area contributed by atoms with Crippen LogP contribution in [0.3, 0.4) is 0 Å². The molecule has 0 saturated carbocycles. The Morgan fingerprint density at radius 2 is 1.46 bits per heavy atom. The number of hydrogen-bond acceptors (Lipinski definition) is 11. The Balaban J connectivity index is 1.92. The zero-order valence-electron chi connectivity index (χ0n) is 34.5. The van der Waals surface area contributed by atoms with E-state index in [1.54, 1.807) is 34.6 Å². The van der Waals surface area contributed by atoms with Crippen molar-refractivity contribution in [3.63, 3.8) is 0 Å². The Hall–Kier alpha value is -6.24. The van der Waals surface area contributed by atoms with Crippen molar-refractivity contribution in [2.24, 2.45) is 17.0 Å². The van der Waals surface area contributed by atoms with Gasteiger partial charge in [0.15, 0.2) is 0 Å². The molecule has 5 atom stereocenters. The first-order valence-electron chi connectivity index (χ1n) is 19.1. The quantitative estimate of drug-likeness (QED) is 0.0805. The van der Waals surface area contributed by atoms with Crippen LogP contribution in [0, 0.1) is 22.0 Å². The Kier molecular flexibility index (Phi) is 17.2. The lowest BCUT2D eigenvalue weighted by Crippen LogP contribution is -2.61. The summed E-state index contributed by atoms with van der Waals surface area (Å²) in [7, 11) is 3.00. The first kappa shape index (κ1) is 47.1. The van der Waals surface area contributed by atoms with E-state index in [9.17, 15) is 48.5 Å². The summed E-state index contributed by atoms with van der Waals surface area (Å²) in [6.45, 7) is 9.08. The smallest absolute Gasteiger partial charge is 0.371 e. The molecule has 7 amide bonds. The van der Waals surface area contributed by atoms with E-state index in [1.165, 1.54) is 38.1 Å². The predicted octanol–water partition coefficient (Wildman–Crippen LogP) is 2.06. The zero-order valence-corrected chi connectivity index (χ0v) is 34.5. The summed E-state index contributed by atoms with van der Waals surface area (Å²) < 4.78 is 6.56. The minimum atomic E-state index is -1.43. The SMILES string of the molecule is CC(=O)N[C@H](C(=O)NC(C(=O)N[C@@H](CC(C)C)C(=O)N[C@@H](CCC(=O)N(C)C)C(=O)C[N+]1=NC(=O)c2c(cccc2[N+](=O)[O-])C1=O)C(C)OCc1ccccc1)C(C)C. The summed E-state index contributed by atoms with van der Waals surface area (Å²) in [5.74, 6) is -6.63. The standard InChI is InChI=1S/C40H52N8O11/c1-22(2)19-29(43-39(55)35(24(5)59-21-26-13-10-9-11-14-26)44-38(54)34(23(3)4)41-25(6)49)36(52)42-28(17-18-32(51)46(7)8)31(50)20-47-40(56)27-15-12-16-30(48(57)58)33(27)37(53)45-47/h9-16,22-24,28-29,34-35H,17-21H2,1-8H3,(H3-,41,42,43,44,49,52,54,55)/p+1/t24?,28-,29-,34-,35?/m0/s1. The topological polar surface area (TPSA) is 256 Å². The van der Waals surface area contributed by atoms with Crippen molar-refractivity contribution in [1.29, 1.82) is 0 Å². The van der Waals surface area contributed by atoms with Gasteiger partial charge in [-0.3, -0.25) is 43.7 Å². The van der Waals surface area contributed by atoms with E-state index in [0.717, 1.165) is 11.6 Å². The lowest BCUT2D eigenvalue weighted by molar-refractivity contribution is -0.483. The number of hydrogen-bond donors (Lipinski definition) is 4. The van der Waals surface area contributed by atoms with Gasteiger partial charge < -0.3 is 30.9 Å². The molecule has 0 aliphatic carbocycles. The molecule has 3 rings (SSSR count). The first-order chi connectivity index (χ1) is 27.7. The zero-order chi connectivity index (χ0) is 44.1. The number of carbonyl (C=O) groups excluding carboxylic acids is 8. The van der Waals surface area contributed by atoms with E-state index in [0.29, 0.717) is 4.70 Å². The second-order valence-electron chi connectivity index (χ2n) is 15.2. The molecular formula is C40H53N8O11+. The van der Waals surface area contributed by atoms with E-state index >= 15 is 0 Å². The van der Waals surface area contributed by atoms with Gasteiger partial charge in [0.25, 0.3) is 5.69 Å². The minimum absolute atomic E-state index is 0.0551. The third kappa shape index (κ3) is 13.4. The highest BCUT2D eigenvalue weighted by Crippen LogP contribution is 2.27. The summed E-state index contributed by atoms with van der Waals surface area (Å²) in [4.78, 5) is 118. The normalized spacial score (nSPS) is 14.8. The van der Waals surface area contributed by atoms with Crippen LogP contribution in [0.4, 0.5) is 5.69 Å². The first-order valence-corrected chi connectivity index (χ1v) is 19.1. The second kappa shape index (κ2) is 21.5. The minimum Gasteiger partial charge on any atom is -0.371 e. The molecule has 0 spiro atoms. The molecule has 0 bridgehead atoms. The van der Waals surface area contributed by atoms with Gasteiger partial charge in [0.1, 0.15) is 29.3 Å². The van der Waals surface area contributed by atoms with E-state index in [4.69, 9.17) is 4.74 Å². The second-order valence-corrected chi connectivity index (χ2v) is 15.2. The van der Waals surface area contributed by atoms with Gasteiger partial charge in [-0.2, -0.15) is 0 Å². The molecule has 4 N–H and O–H groups in total. The van der Waals surface area contributed by atoms with Gasteiger partial charge in [0.2, 0.25) is 41.9 Å². The van der Waals surface area contributed by atoms with Crippen LogP contribution in [0.2, 0.25) is 0 Å². The maximum atomic E-state index is 14.1. The number of fused-ring (bicyclic) bond motifs is 1. The van der Waals surface area contributed by atoms with E-state index in [2.05, 4.69) is 26.4 Å². The summed E-state index contributed by atoms with van der Waals surface area (Å²) in [6.07, 6.45) is -1.37. The molecule has 19 heteroatoms. The number of nitrogens with one attached hydrogen (secondary N) is 4. The molecule has 1 heterocycles. The Morgan fingerprint density at radius 1 is 0.831 bits per heavy atom. The molecule has 0 saturated heterocycles. The molecule has 0 radical (unpaired) electrons. The van der Waals surface area contributed by atoms with Crippen molar-refractivity contribution in [2.45, 2.75) is 97.7 Å². The van der Waals surface area contributed by atoms with Crippen LogP contribution in [0.5, 0.6) is 0 Å². The van der Waals surface area contributed by atoms with E-state index in [-0.39, 0.29) is 49.2 Å². The molecule has 0 fully saturated rings. The van der Waals surface area contributed by atoms with Crippen LogP contribution < -0.4 is 21.3 Å². The number of rotatable bonds is 21. The molecule has 1 aliphatic rings. The number of benzene rings is 2. The average Bonchev–Trinajstić information content (AvgIpc) is 3.17. The largest absolute Gasteiger partial charge is 0.445 e. The fourth-order valence-electron chi connectivity index (χ4n) is 6.14. The number of amides is 7. The lowest BCUT2D eigenvalue weighted by Gasteiger charge is -2.30. The van der Waals surface area contributed by atoms with E-state index < -0.39 is 94.2 Å². The van der Waals surface area contributed by atoms with Gasteiger partial charge in [-0.1, -0.05) is 64.1 Å². The van der Waals surface area contributed by atoms with Gasteiger partial charge in [0, 0.05) is 38.6 Å². The molecular weight excluding hydrogens is 768 g/mol. The fourth-order valence-corrected chi connectivity index (χ4v) is 6.14. The Bertz CT molecular complexity index is 1970. The number of ketones is 1. The molecule has 0 aromatic heterocycles. The van der Waals surface area contributed by atoms with Crippen LogP contribution in [0.1, 0.15) is 87.1 Å². The monoisotopic (exact) mass is 821 g/mol. The number of nitro benzene ring substituents is 1. The van der Waals surface area contributed by atoms with Gasteiger partial charge >= 0.3 is 11.8 Å². The maximum Gasteiger partial charge on any atom is 0.445 e. The van der Waals surface area contributed by atoms with Crippen molar-refractivity contribution >= 4 is 52.8 Å². The van der Waals surface area contributed by atoms with Crippen molar-refractivity contribution in [1.82, 2.24) is 26.2 Å². The third-order valence-corrected chi connectivity index (χ3v) is 9.34. The maximum absolute atomic E-state index is 14.1. The summed E-state index contributed by atoms with van der Waals surface area (Å²) in [5.41, 5.74) is -0.704. The summed E-state index contributed by atoms with van der Waals surface area (Å²) in [6, 6.07) is 7.42. The van der Waals surface area contributed by atoms with Crippen LogP contribution in [-0.4, -0.2) is 113 Å². The Morgan fingerprint density at radius 3 is 2.03 bits per heavy atom. The molecule has 2 aromatic carbocycles. The van der Waals surface area contributed by atoms with Gasteiger partial charge in [-0.15, -0.1) is 0 Å². The average molecular weight is 822 g/mol. The highest BCUT2D eigenvalue weighted by Gasteiger charge is 2.42. The predicted molar refractivity (Wildman–Crippen MR) is 211 cm³/mol. The van der Waals surface area contributed by atoms with Gasteiger partial charge in [-0.05, 0) is 47.9 Å². The van der Waals surface area contributed by atoms with Crippen LogP contribution in [-0.2, 0) is 40.1 Å². The third-order valence-electron chi connectivity index (χ3n) is 9.34. The lowest BCUT2D eigenvalue weighted by atomic mass is 9.99. The Labute approximate surface area is 341 Å². The van der Waals surface area contributed by atoms with Crippen molar-refractivity contribution < 1.29 is 52.7 Å².